The van der Waals surface area contributed by atoms with Gasteiger partial charge in [0.1, 0.15) is 5.54 Å². The summed E-state index contributed by atoms with van der Waals surface area (Å²) in [7, 11) is 0. The molecular formula is C22H28N4O3. The molecule has 2 aliphatic rings. The second-order valence-electron chi connectivity index (χ2n) is 8.69. The fraction of sp³-hybridized carbons (Fsp3) is 0.500. The number of likely N-dealkylation sites (tertiary alicyclic amines) is 1. The third-order valence-corrected chi connectivity index (χ3v) is 6.40. The van der Waals surface area contributed by atoms with E-state index < -0.39 is 5.54 Å². The van der Waals surface area contributed by atoms with Gasteiger partial charge in [0.25, 0.3) is 11.8 Å². The number of nitrogens with one attached hydrogen (secondary N) is 2. The van der Waals surface area contributed by atoms with Crippen molar-refractivity contribution in [2.24, 2.45) is 5.92 Å². The van der Waals surface area contributed by atoms with E-state index in [4.69, 9.17) is 0 Å². The number of aromatic nitrogens is 1. The lowest BCUT2D eigenvalue weighted by Gasteiger charge is -2.42. The van der Waals surface area contributed by atoms with Crippen LogP contribution in [-0.2, 0) is 4.79 Å². The number of aryl methyl sites for hydroxylation is 2. The zero-order chi connectivity index (χ0) is 20.9. The van der Waals surface area contributed by atoms with E-state index in [0.29, 0.717) is 38.0 Å². The molecule has 2 aliphatic heterocycles. The molecule has 4 amide bonds. The summed E-state index contributed by atoms with van der Waals surface area (Å²) in [4.78, 5) is 45.0. The number of carbonyl (C=O) groups is 3. The molecule has 0 atom stereocenters. The van der Waals surface area contributed by atoms with Crippen LogP contribution in [0.2, 0.25) is 0 Å². The molecule has 4 rings (SSSR count). The third-order valence-electron chi connectivity index (χ3n) is 6.40. The summed E-state index contributed by atoms with van der Waals surface area (Å²) in [6.45, 7) is 9.55. The maximum Gasteiger partial charge on any atom is 0.325 e. The monoisotopic (exact) mass is 396 g/mol. The van der Waals surface area contributed by atoms with E-state index in [-0.39, 0.29) is 23.8 Å². The molecule has 2 fully saturated rings. The number of carbonyl (C=O) groups excluding carboxylic acids is 3. The maximum atomic E-state index is 13.3. The van der Waals surface area contributed by atoms with Crippen LogP contribution in [-0.4, -0.2) is 57.8 Å². The van der Waals surface area contributed by atoms with Gasteiger partial charge >= 0.3 is 6.03 Å². The Bertz CT molecular complexity index is 999. The Kier molecular flexibility index (Phi) is 4.63. The highest BCUT2D eigenvalue weighted by molar-refractivity contribution is 6.08. The Hall–Kier alpha value is -2.83. The van der Waals surface area contributed by atoms with E-state index in [9.17, 15) is 14.4 Å². The number of piperidine rings is 1. The largest absolute Gasteiger partial charge is 0.358 e. The van der Waals surface area contributed by atoms with Crippen molar-refractivity contribution in [3.63, 3.8) is 0 Å². The third kappa shape index (κ3) is 2.99. The highest BCUT2D eigenvalue weighted by Crippen LogP contribution is 2.35. The van der Waals surface area contributed by atoms with Crippen molar-refractivity contribution in [2.45, 2.75) is 46.1 Å². The van der Waals surface area contributed by atoms with Gasteiger partial charge in [0.2, 0.25) is 0 Å². The van der Waals surface area contributed by atoms with Gasteiger partial charge in [0.15, 0.2) is 0 Å². The smallest absolute Gasteiger partial charge is 0.325 e. The number of rotatable bonds is 3. The quantitative estimate of drug-likeness (QED) is 0.782. The molecule has 154 valence electrons. The SMILES string of the molecule is Cc1[nH]c2c(C(=O)N3CCC4(CC3)C(=O)NC(=O)N4CC(C)C)cccc2c1C. The van der Waals surface area contributed by atoms with Crippen molar-refractivity contribution in [1.29, 1.82) is 0 Å². The Balaban J connectivity index is 1.57. The van der Waals surface area contributed by atoms with Crippen molar-refractivity contribution in [2.75, 3.05) is 19.6 Å². The standard InChI is InChI=1S/C22H28N4O3/c1-13(2)12-26-21(29)24-20(28)22(26)8-10-25(11-9-22)19(27)17-7-5-6-16-14(3)15(4)23-18(16)17/h5-7,13,23H,8-12H2,1-4H3,(H,24,28,29). The lowest BCUT2D eigenvalue weighted by molar-refractivity contribution is -0.129. The number of benzene rings is 1. The molecule has 0 saturated carbocycles. The van der Waals surface area contributed by atoms with Crippen LogP contribution in [0.25, 0.3) is 10.9 Å². The molecular weight excluding hydrogens is 368 g/mol. The number of urea groups is 1. The number of hydrogen-bond donors (Lipinski definition) is 2. The van der Waals surface area contributed by atoms with Gasteiger partial charge in [-0.15, -0.1) is 0 Å². The molecule has 0 aliphatic carbocycles. The second kappa shape index (κ2) is 6.90. The number of fused-ring (bicyclic) bond motifs is 1. The normalized spacial score (nSPS) is 18.9. The molecule has 1 aromatic carbocycles. The van der Waals surface area contributed by atoms with Crippen molar-refractivity contribution >= 4 is 28.7 Å². The van der Waals surface area contributed by atoms with E-state index in [1.165, 1.54) is 0 Å². The molecule has 7 heteroatoms. The molecule has 1 aromatic heterocycles. The maximum absolute atomic E-state index is 13.3. The van der Waals surface area contributed by atoms with Crippen molar-refractivity contribution in [3.05, 3.63) is 35.0 Å². The predicted octanol–water partition coefficient (Wildman–Crippen LogP) is 2.97. The zero-order valence-corrected chi connectivity index (χ0v) is 17.5. The van der Waals surface area contributed by atoms with Gasteiger partial charge in [-0.1, -0.05) is 26.0 Å². The molecule has 0 radical (unpaired) electrons. The summed E-state index contributed by atoms with van der Waals surface area (Å²) >= 11 is 0. The average molecular weight is 396 g/mol. The van der Waals surface area contributed by atoms with Crippen molar-refractivity contribution in [3.8, 4) is 0 Å². The lowest BCUT2D eigenvalue weighted by atomic mass is 9.85. The van der Waals surface area contributed by atoms with Crippen molar-refractivity contribution < 1.29 is 14.4 Å². The molecule has 3 heterocycles. The highest BCUT2D eigenvalue weighted by Gasteiger charge is 2.54. The first-order valence-electron chi connectivity index (χ1n) is 10.2. The summed E-state index contributed by atoms with van der Waals surface area (Å²) in [6, 6.07) is 5.47. The minimum Gasteiger partial charge on any atom is -0.358 e. The van der Waals surface area contributed by atoms with Crippen LogP contribution < -0.4 is 5.32 Å². The van der Waals surface area contributed by atoms with Gasteiger partial charge in [-0.2, -0.15) is 0 Å². The molecule has 0 bridgehead atoms. The van der Waals surface area contributed by atoms with Crippen LogP contribution in [0.4, 0.5) is 4.79 Å². The van der Waals surface area contributed by atoms with Crippen LogP contribution in [0.15, 0.2) is 18.2 Å². The first kappa shape index (κ1) is 19.5. The number of aromatic amines is 1. The van der Waals surface area contributed by atoms with E-state index >= 15 is 0 Å². The van der Waals surface area contributed by atoms with Gasteiger partial charge in [-0.25, -0.2) is 4.79 Å². The van der Waals surface area contributed by atoms with Crippen LogP contribution >= 0.6 is 0 Å². The van der Waals surface area contributed by atoms with Gasteiger partial charge in [0.05, 0.1) is 11.1 Å². The minimum absolute atomic E-state index is 0.0353. The summed E-state index contributed by atoms with van der Waals surface area (Å²) < 4.78 is 0. The van der Waals surface area contributed by atoms with Gasteiger partial charge in [-0.05, 0) is 44.2 Å². The Morgan fingerprint density at radius 2 is 1.86 bits per heavy atom. The number of nitrogens with zero attached hydrogens (tertiary/aromatic N) is 2. The molecule has 2 saturated heterocycles. The summed E-state index contributed by atoms with van der Waals surface area (Å²) in [6.07, 6.45) is 0.920. The summed E-state index contributed by atoms with van der Waals surface area (Å²) in [5.74, 6) is -0.0000409. The predicted molar refractivity (Wildman–Crippen MR) is 111 cm³/mol. The highest BCUT2D eigenvalue weighted by atomic mass is 16.2. The van der Waals surface area contributed by atoms with E-state index in [1.807, 2.05) is 45.9 Å². The Morgan fingerprint density at radius 1 is 1.17 bits per heavy atom. The molecule has 0 unspecified atom stereocenters. The average Bonchev–Trinajstić information content (AvgIpc) is 3.10. The molecule has 1 spiro atoms. The fourth-order valence-electron chi connectivity index (χ4n) is 4.63. The van der Waals surface area contributed by atoms with Gasteiger partial charge in [-0.3, -0.25) is 14.9 Å². The van der Waals surface area contributed by atoms with Crippen molar-refractivity contribution in [1.82, 2.24) is 20.1 Å². The van der Waals surface area contributed by atoms with E-state index in [0.717, 1.165) is 22.2 Å². The van der Waals surface area contributed by atoms with Crippen LogP contribution in [0, 0.1) is 19.8 Å². The minimum atomic E-state index is -0.830. The number of hydrogen-bond acceptors (Lipinski definition) is 3. The van der Waals surface area contributed by atoms with Gasteiger partial charge < -0.3 is 14.8 Å². The molecule has 29 heavy (non-hydrogen) atoms. The number of imide groups is 1. The van der Waals surface area contributed by atoms with E-state index in [2.05, 4.69) is 10.3 Å². The molecule has 2 N–H and O–H groups in total. The Labute approximate surface area is 170 Å². The summed E-state index contributed by atoms with van der Waals surface area (Å²) in [5.41, 5.74) is 2.90. The van der Waals surface area contributed by atoms with Crippen LogP contribution in [0.3, 0.4) is 0 Å². The topological polar surface area (TPSA) is 85.5 Å². The van der Waals surface area contributed by atoms with E-state index in [1.54, 1.807) is 9.80 Å². The second-order valence-corrected chi connectivity index (χ2v) is 8.69. The first-order chi connectivity index (χ1) is 13.7. The number of H-pyrrole nitrogens is 1. The zero-order valence-electron chi connectivity index (χ0n) is 17.5. The molecule has 7 nitrogen and oxygen atoms in total. The first-order valence-corrected chi connectivity index (χ1v) is 10.2. The van der Waals surface area contributed by atoms with Crippen LogP contribution in [0.1, 0.15) is 48.3 Å². The van der Waals surface area contributed by atoms with Gasteiger partial charge in [0, 0.05) is 30.7 Å². The number of para-hydroxylation sites is 1. The fourth-order valence-corrected chi connectivity index (χ4v) is 4.63. The lowest BCUT2D eigenvalue weighted by Crippen LogP contribution is -2.58. The molecule has 2 aromatic rings. The summed E-state index contributed by atoms with van der Waals surface area (Å²) in [5, 5.41) is 3.54. The Morgan fingerprint density at radius 3 is 2.52 bits per heavy atom. The van der Waals surface area contributed by atoms with Crippen LogP contribution in [0.5, 0.6) is 0 Å². The number of amides is 4.